The van der Waals surface area contributed by atoms with E-state index in [1.807, 2.05) is 19.9 Å². The Kier molecular flexibility index (Phi) is 5.98. The van der Waals surface area contributed by atoms with E-state index in [0.29, 0.717) is 12.4 Å². The first kappa shape index (κ1) is 16.9. The largest absolute Gasteiger partial charge is 0.491 e. The van der Waals surface area contributed by atoms with Gasteiger partial charge in [0.15, 0.2) is 0 Å². The van der Waals surface area contributed by atoms with Crippen LogP contribution in [-0.4, -0.2) is 39.6 Å². The van der Waals surface area contributed by atoms with Gasteiger partial charge in [-0.25, -0.2) is 13.6 Å². The van der Waals surface area contributed by atoms with Crippen molar-refractivity contribution >= 4 is 10.0 Å². The molecule has 0 saturated carbocycles. The van der Waals surface area contributed by atoms with Crippen molar-refractivity contribution in [3.05, 3.63) is 23.3 Å². The topological polar surface area (TPSA) is 72.6 Å². The molecule has 0 spiro atoms. The molecule has 1 rings (SSSR count). The number of benzene rings is 1. The van der Waals surface area contributed by atoms with Crippen molar-refractivity contribution in [1.29, 1.82) is 0 Å². The van der Waals surface area contributed by atoms with E-state index in [-0.39, 0.29) is 4.90 Å². The Balaban J connectivity index is 2.95. The second-order valence-corrected chi connectivity index (χ2v) is 6.36. The molecule has 0 atom stereocenters. The number of sulfonamides is 1. The molecular weight excluding hydrogens is 276 g/mol. The highest BCUT2D eigenvalue weighted by Gasteiger charge is 2.18. The van der Waals surface area contributed by atoms with Crippen LogP contribution >= 0.6 is 0 Å². The molecule has 0 aromatic heterocycles. The van der Waals surface area contributed by atoms with Crippen molar-refractivity contribution in [2.75, 3.05) is 26.2 Å². The fraction of sp³-hybridized carbons (Fsp3) is 0.571. The number of hydrogen-bond acceptors (Lipinski definition) is 4. The van der Waals surface area contributed by atoms with Crippen LogP contribution < -0.4 is 9.88 Å². The molecule has 1 aromatic rings. The van der Waals surface area contributed by atoms with Gasteiger partial charge in [0.2, 0.25) is 10.0 Å². The number of primary sulfonamides is 1. The van der Waals surface area contributed by atoms with Gasteiger partial charge in [-0.15, -0.1) is 0 Å². The summed E-state index contributed by atoms with van der Waals surface area (Å²) in [6.07, 6.45) is 0. The van der Waals surface area contributed by atoms with Gasteiger partial charge in [-0.2, -0.15) is 0 Å². The summed E-state index contributed by atoms with van der Waals surface area (Å²) >= 11 is 0. The first-order valence-electron chi connectivity index (χ1n) is 6.78. The van der Waals surface area contributed by atoms with Crippen molar-refractivity contribution in [2.45, 2.75) is 32.6 Å². The number of nitrogens with zero attached hydrogens (tertiary/aromatic N) is 1. The van der Waals surface area contributed by atoms with Gasteiger partial charge in [0.1, 0.15) is 17.3 Å². The highest BCUT2D eigenvalue weighted by atomic mass is 32.2. The second-order valence-electron chi connectivity index (χ2n) is 4.83. The summed E-state index contributed by atoms with van der Waals surface area (Å²) < 4.78 is 29.0. The molecule has 0 heterocycles. The zero-order valence-corrected chi connectivity index (χ0v) is 13.5. The van der Waals surface area contributed by atoms with Crippen molar-refractivity contribution < 1.29 is 13.2 Å². The van der Waals surface area contributed by atoms with Crippen LogP contribution in [0.4, 0.5) is 0 Å². The monoisotopic (exact) mass is 300 g/mol. The molecule has 0 unspecified atom stereocenters. The van der Waals surface area contributed by atoms with Crippen molar-refractivity contribution in [3.63, 3.8) is 0 Å². The summed E-state index contributed by atoms with van der Waals surface area (Å²) in [5.41, 5.74) is 1.64. The minimum atomic E-state index is -3.78. The summed E-state index contributed by atoms with van der Waals surface area (Å²) in [5.74, 6) is 0.366. The molecule has 0 bridgehead atoms. The molecule has 1 aromatic carbocycles. The predicted molar refractivity (Wildman–Crippen MR) is 80.6 cm³/mol. The summed E-state index contributed by atoms with van der Waals surface area (Å²) in [5, 5.41) is 5.26. The van der Waals surface area contributed by atoms with Crippen molar-refractivity contribution in [1.82, 2.24) is 4.90 Å². The standard InChI is InChI=1S/C14H24N2O3S/c1-5-16(6-2)7-8-19-14-12(4)9-11(3)10-13(14)20(15,17)18/h9-10H,5-8H2,1-4H3,(H2,15,17,18). The quantitative estimate of drug-likeness (QED) is 0.831. The Morgan fingerprint density at radius 1 is 1.20 bits per heavy atom. The number of nitrogens with two attached hydrogens (primary N) is 1. The number of rotatable bonds is 7. The lowest BCUT2D eigenvalue weighted by Crippen LogP contribution is -2.28. The summed E-state index contributed by atoms with van der Waals surface area (Å²) in [6.45, 7) is 10.9. The molecule has 0 saturated heterocycles. The van der Waals surface area contributed by atoms with E-state index >= 15 is 0 Å². The molecule has 114 valence electrons. The van der Waals surface area contributed by atoms with Crippen molar-refractivity contribution in [3.8, 4) is 5.75 Å². The van der Waals surface area contributed by atoms with Crippen LogP contribution in [0.1, 0.15) is 25.0 Å². The third-order valence-corrected chi connectivity index (χ3v) is 4.16. The van der Waals surface area contributed by atoms with Gasteiger partial charge in [0, 0.05) is 6.54 Å². The zero-order chi connectivity index (χ0) is 15.3. The smallest absolute Gasteiger partial charge is 0.241 e. The van der Waals surface area contributed by atoms with Gasteiger partial charge in [0.25, 0.3) is 0 Å². The highest BCUT2D eigenvalue weighted by Crippen LogP contribution is 2.28. The Morgan fingerprint density at radius 2 is 1.80 bits per heavy atom. The molecule has 0 amide bonds. The minimum Gasteiger partial charge on any atom is -0.491 e. The molecule has 0 aliphatic carbocycles. The molecule has 6 heteroatoms. The van der Waals surface area contributed by atoms with E-state index in [0.717, 1.165) is 30.8 Å². The Morgan fingerprint density at radius 3 is 2.30 bits per heavy atom. The van der Waals surface area contributed by atoms with Crippen LogP contribution in [0.2, 0.25) is 0 Å². The summed E-state index contributed by atoms with van der Waals surface area (Å²) in [7, 11) is -3.78. The number of hydrogen-bond donors (Lipinski definition) is 1. The van der Waals surface area contributed by atoms with Crippen LogP contribution in [-0.2, 0) is 10.0 Å². The van der Waals surface area contributed by atoms with Crippen LogP contribution in [0.15, 0.2) is 17.0 Å². The third-order valence-electron chi connectivity index (χ3n) is 3.24. The maximum absolute atomic E-state index is 11.7. The first-order chi connectivity index (χ1) is 9.29. The van der Waals surface area contributed by atoms with Gasteiger partial charge >= 0.3 is 0 Å². The zero-order valence-electron chi connectivity index (χ0n) is 12.6. The Bertz CT molecular complexity index is 552. The average molecular weight is 300 g/mol. The van der Waals surface area contributed by atoms with Crippen molar-refractivity contribution in [2.24, 2.45) is 5.14 Å². The first-order valence-corrected chi connectivity index (χ1v) is 8.33. The van der Waals surface area contributed by atoms with Gasteiger partial charge < -0.3 is 9.64 Å². The SMILES string of the molecule is CCN(CC)CCOc1c(C)cc(C)cc1S(N)(=O)=O. The van der Waals surface area contributed by atoms with Crippen LogP contribution in [0.5, 0.6) is 5.75 Å². The molecule has 0 aliphatic rings. The number of likely N-dealkylation sites (N-methyl/N-ethyl adjacent to an activating group) is 1. The lowest BCUT2D eigenvalue weighted by Gasteiger charge is -2.19. The third kappa shape index (κ3) is 4.47. The fourth-order valence-electron chi connectivity index (χ4n) is 2.13. The summed E-state index contributed by atoms with van der Waals surface area (Å²) in [4.78, 5) is 2.27. The molecule has 20 heavy (non-hydrogen) atoms. The van der Waals surface area contributed by atoms with Crippen LogP contribution in [0, 0.1) is 13.8 Å². The van der Waals surface area contributed by atoms with E-state index in [2.05, 4.69) is 18.7 Å². The molecule has 5 nitrogen and oxygen atoms in total. The summed E-state index contributed by atoms with van der Waals surface area (Å²) in [6, 6.07) is 3.44. The lowest BCUT2D eigenvalue weighted by molar-refractivity contribution is 0.219. The predicted octanol–water partition coefficient (Wildman–Crippen LogP) is 1.67. The van der Waals surface area contributed by atoms with E-state index in [4.69, 9.17) is 9.88 Å². The Labute approximate surface area is 121 Å². The number of ether oxygens (including phenoxy) is 1. The van der Waals surface area contributed by atoms with E-state index < -0.39 is 10.0 Å². The average Bonchev–Trinajstić information content (AvgIpc) is 2.35. The van der Waals surface area contributed by atoms with Gasteiger partial charge in [-0.05, 0) is 44.1 Å². The normalized spacial score (nSPS) is 11.9. The fourth-order valence-corrected chi connectivity index (χ4v) is 2.96. The van der Waals surface area contributed by atoms with E-state index in [1.54, 1.807) is 6.07 Å². The van der Waals surface area contributed by atoms with E-state index in [1.165, 1.54) is 0 Å². The van der Waals surface area contributed by atoms with Gasteiger partial charge in [0.05, 0.1) is 0 Å². The second kappa shape index (κ2) is 7.06. The number of aryl methyl sites for hydroxylation is 2. The van der Waals surface area contributed by atoms with Crippen LogP contribution in [0.3, 0.4) is 0 Å². The molecule has 0 radical (unpaired) electrons. The maximum atomic E-state index is 11.7. The molecule has 0 fully saturated rings. The Hall–Kier alpha value is -1.11. The van der Waals surface area contributed by atoms with Gasteiger partial charge in [-0.1, -0.05) is 19.9 Å². The minimum absolute atomic E-state index is 0.0644. The molecule has 2 N–H and O–H groups in total. The molecule has 0 aliphatic heterocycles. The molecular formula is C14H24N2O3S. The van der Waals surface area contributed by atoms with Gasteiger partial charge in [-0.3, -0.25) is 0 Å². The van der Waals surface area contributed by atoms with Crippen LogP contribution in [0.25, 0.3) is 0 Å². The highest BCUT2D eigenvalue weighted by molar-refractivity contribution is 7.89. The maximum Gasteiger partial charge on any atom is 0.241 e. The van der Waals surface area contributed by atoms with E-state index in [9.17, 15) is 8.42 Å². The lowest BCUT2D eigenvalue weighted by atomic mass is 10.1.